The van der Waals surface area contributed by atoms with Crippen molar-refractivity contribution >= 4 is 5.96 Å². The van der Waals surface area contributed by atoms with Gasteiger partial charge < -0.3 is 19.9 Å². The Balaban J connectivity index is 1.70. The number of aliphatic imine (C=N–C) groups is 1. The van der Waals surface area contributed by atoms with Gasteiger partial charge in [0, 0.05) is 26.6 Å². The molecule has 0 aliphatic carbocycles. The van der Waals surface area contributed by atoms with Crippen LogP contribution >= 0.6 is 0 Å². The zero-order valence-electron chi connectivity index (χ0n) is 15.4. The quantitative estimate of drug-likeness (QED) is 0.433. The van der Waals surface area contributed by atoms with E-state index in [4.69, 9.17) is 9.26 Å². The third-order valence-corrected chi connectivity index (χ3v) is 3.78. The average molecular weight is 345 g/mol. The van der Waals surface area contributed by atoms with Gasteiger partial charge in [-0.25, -0.2) is 0 Å². The Bertz CT molecular complexity index is 697. The summed E-state index contributed by atoms with van der Waals surface area (Å²) in [5.74, 6) is 3.05. The van der Waals surface area contributed by atoms with Crippen molar-refractivity contribution in [1.29, 1.82) is 0 Å². The lowest BCUT2D eigenvalue weighted by Crippen LogP contribution is -2.38. The van der Waals surface area contributed by atoms with E-state index in [1.165, 1.54) is 11.1 Å². The zero-order chi connectivity index (χ0) is 18.1. The van der Waals surface area contributed by atoms with Crippen molar-refractivity contribution in [2.45, 2.75) is 33.1 Å². The fraction of sp³-hybridized carbons (Fsp3) is 0.500. The van der Waals surface area contributed by atoms with Gasteiger partial charge in [0.25, 0.3) is 0 Å². The summed E-state index contributed by atoms with van der Waals surface area (Å²) in [6, 6.07) is 6.22. The van der Waals surface area contributed by atoms with Gasteiger partial charge in [0.15, 0.2) is 11.8 Å². The van der Waals surface area contributed by atoms with Crippen LogP contribution in [-0.4, -0.2) is 43.3 Å². The highest BCUT2D eigenvalue weighted by molar-refractivity contribution is 5.79. The predicted octanol–water partition coefficient (Wildman–Crippen LogP) is 2.04. The molecule has 0 aliphatic rings. The molecule has 0 amide bonds. The maximum absolute atomic E-state index is 5.41. The number of nitrogens with zero attached hydrogens (tertiary/aromatic N) is 3. The van der Waals surface area contributed by atoms with Crippen LogP contribution in [0, 0.1) is 13.8 Å². The van der Waals surface area contributed by atoms with Crippen LogP contribution in [0.4, 0.5) is 0 Å². The number of rotatable bonds is 8. The highest BCUT2D eigenvalue weighted by Crippen LogP contribution is 2.19. The van der Waals surface area contributed by atoms with Crippen molar-refractivity contribution in [3.63, 3.8) is 0 Å². The minimum absolute atomic E-state index is 0.673. The van der Waals surface area contributed by atoms with Crippen LogP contribution in [0.2, 0.25) is 0 Å². The SMILES string of the molecule is CN=C(NCCCc1nc(C)no1)NCCc1cc(C)ccc1OC. The molecule has 0 saturated carbocycles. The van der Waals surface area contributed by atoms with E-state index in [0.29, 0.717) is 11.7 Å². The Hall–Kier alpha value is -2.57. The van der Waals surface area contributed by atoms with E-state index in [1.807, 2.05) is 13.0 Å². The average Bonchev–Trinajstić information content (AvgIpc) is 3.02. The highest BCUT2D eigenvalue weighted by Gasteiger charge is 2.05. The summed E-state index contributed by atoms with van der Waals surface area (Å²) in [6.45, 7) is 5.47. The van der Waals surface area contributed by atoms with Crippen LogP contribution in [0.3, 0.4) is 0 Å². The van der Waals surface area contributed by atoms with Crippen molar-refractivity contribution in [1.82, 2.24) is 20.8 Å². The topological polar surface area (TPSA) is 84.6 Å². The normalized spacial score (nSPS) is 11.4. The van der Waals surface area contributed by atoms with Gasteiger partial charge in [-0.1, -0.05) is 22.9 Å². The van der Waals surface area contributed by atoms with Crippen LogP contribution in [-0.2, 0) is 12.8 Å². The molecule has 1 heterocycles. The molecule has 7 heteroatoms. The van der Waals surface area contributed by atoms with Crippen LogP contribution in [0.15, 0.2) is 27.7 Å². The zero-order valence-corrected chi connectivity index (χ0v) is 15.4. The van der Waals surface area contributed by atoms with Gasteiger partial charge in [-0.05, 0) is 38.3 Å². The molecule has 1 aromatic carbocycles. The minimum Gasteiger partial charge on any atom is -0.496 e. The van der Waals surface area contributed by atoms with E-state index >= 15 is 0 Å². The summed E-state index contributed by atoms with van der Waals surface area (Å²) in [4.78, 5) is 8.43. The molecule has 25 heavy (non-hydrogen) atoms. The van der Waals surface area contributed by atoms with E-state index in [-0.39, 0.29) is 0 Å². The van der Waals surface area contributed by atoms with Crippen LogP contribution < -0.4 is 15.4 Å². The Morgan fingerprint density at radius 2 is 2.00 bits per heavy atom. The molecular weight excluding hydrogens is 318 g/mol. The number of benzene rings is 1. The number of aromatic nitrogens is 2. The Morgan fingerprint density at radius 1 is 1.20 bits per heavy atom. The van der Waals surface area contributed by atoms with E-state index in [2.05, 4.69) is 44.8 Å². The van der Waals surface area contributed by atoms with Gasteiger partial charge in [0.2, 0.25) is 5.89 Å². The first-order chi connectivity index (χ1) is 12.1. The second-order valence-electron chi connectivity index (χ2n) is 5.83. The molecule has 1 aromatic heterocycles. The maximum Gasteiger partial charge on any atom is 0.226 e. The molecule has 7 nitrogen and oxygen atoms in total. The van der Waals surface area contributed by atoms with Gasteiger partial charge in [0.1, 0.15) is 5.75 Å². The van der Waals surface area contributed by atoms with Crippen LogP contribution in [0.1, 0.15) is 29.3 Å². The summed E-state index contributed by atoms with van der Waals surface area (Å²) >= 11 is 0. The number of ether oxygens (including phenoxy) is 1. The van der Waals surface area contributed by atoms with Crippen molar-refractivity contribution in [2.24, 2.45) is 4.99 Å². The molecule has 0 radical (unpaired) electrons. The van der Waals surface area contributed by atoms with Crippen molar-refractivity contribution in [2.75, 3.05) is 27.2 Å². The lowest BCUT2D eigenvalue weighted by atomic mass is 10.1. The van der Waals surface area contributed by atoms with Crippen molar-refractivity contribution < 1.29 is 9.26 Å². The molecule has 0 saturated heterocycles. The van der Waals surface area contributed by atoms with Crippen LogP contribution in [0.25, 0.3) is 0 Å². The smallest absolute Gasteiger partial charge is 0.226 e. The monoisotopic (exact) mass is 345 g/mol. The maximum atomic E-state index is 5.41. The van der Waals surface area contributed by atoms with E-state index in [0.717, 1.165) is 44.1 Å². The van der Waals surface area contributed by atoms with E-state index in [1.54, 1.807) is 14.2 Å². The first kappa shape index (κ1) is 18.8. The van der Waals surface area contributed by atoms with Gasteiger partial charge in [-0.2, -0.15) is 4.98 Å². The Labute approximate surface area is 148 Å². The minimum atomic E-state index is 0.673. The lowest BCUT2D eigenvalue weighted by Gasteiger charge is -2.13. The van der Waals surface area contributed by atoms with Gasteiger partial charge in [0.05, 0.1) is 7.11 Å². The predicted molar refractivity (Wildman–Crippen MR) is 98.2 cm³/mol. The standard InChI is InChI=1S/C18H27N5O2/c1-13-7-8-16(24-4)15(12-13)9-11-21-18(19-3)20-10-5-6-17-22-14(2)23-25-17/h7-8,12H,5-6,9-11H2,1-4H3,(H2,19,20,21). The summed E-state index contributed by atoms with van der Waals surface area (Å²) in [7, 11) is 3.47. The fourth-order valence-electron chi connectivity index (χ4n) is 2.53. The second kappa shape index (κ2) is 9.66. The number of guanidine groups is 1. The molecule has 2 aromatic rings. The molecule has 2 N–H and O–H groups in total. The molecule has 0 aliphatic heterocycles. The summed E-state index contributed by atoms with van der Waals surface area (Å²) < 4.78 is 10.5. The van der Waals surface area contributed by atoms with Crippen molar-refractivity contribution in [3.8, 4) is 5.75 Å². The molecule has 0 bridgehead atoms. The second-order valence-corrected chi connectivity index (χ2v) is 5.83. The van der Waals surface area contributed by atoms with Crippen LogP contribution in [0.5, 0.6) is 5.75 Å². The largest absolute Gasteiger partial charge is 0.496 e. The molecular formula is C18H27N5O2. The number of aryl methyl sites for hydroxylation is 3. The first-order valence-corrected chi connectivity index (χ1v) is 8.49. The number of methoxy groups -OCH3 is 1. The molecule has 136 valence electrons. The molecule has 2 rings (SSSR count). The molecule has 0 spiro atoms. The first-order valence-electron chi connectivity index (χ1n) is 8.49. The highest BCUT2D eigenvalue weighted by atomic mass is 16.5. The van der Waals surface area contributed by atoms with Gasteiger partial charge >= 0.3 is 0 Å². The van der Waals surface area contributed by atoms with Gasteiger partial charge in [-0.3, -0.25) is 4.99 Å². The fourth-order valence-corrected chi connectivity index (χ4v) is 2.53. The number of nitrogens with one attached hydrogen (secondary N) is 2. The summed E-state index contributed by atoms with van der Waals surface area (Å²) in [6.07, 6.45) is 2.52. The molecule has 0 unspecified atom stereocenters. The van der Waals surface area contributed by atoms with E-state index in [9.17, 15) is 0 Å². The van der Waals surface area contributed by atoms with Crippen molar-refractivity contribution in [3.05, 3.63) is 41.0 Å². The Kier molecular flexibility index (Phi) is 7.25. The van der Waals surface area contributed by atoms with Gasteiger partial charge in [-0.15, -0.1) is 0 Å². The number of hydrogen-bond acceptors (Lipinski definition) is 5. The summed E-state index contributed by atoms with van der Waals surface area (Å²) in [5, 5.41) is 10.4. The molecule has 0 fully saturated rings. The lowest BCUT2D eigenvalue weighted by molar-refractivity contribution is 0.372. The molecule has 0 atom stereocenters. The van der Waals surface area contributed by atoms with E-state index < -0.39 is 0 Å². The summed E-state index contributed by atoms with van der Waals surface area (Å²) in [5.41, 5.74) is 2.42. The third kappa shape index (κ3) is 6.10. The Morgan fingerprint density at radius 3 is 2.68 bits per heavy atom. The number of hydrogen-bond donors (Lipinski definition) is 2. The third-order valence-electron chi connectivity index (χ3n) is 3.78.